The molecule has 0 aromatic carbocycles. The number of hydrogen-bond acceptors (Lipinski definition) is 1. The molecule has 4 atom stereocenters. The summed E-state index contributed by atoms with van der Waals surface area (Å²) in [5, 5.41) is 0. The molecule has 0 N–H and O–H groups in total. The molecule has 0 aromatic rings. The highest BCUT2D eigenvalue weighted by Crippen LogP contribution is 2.69. The molecule has 4 rings (SSSR count). The van der Waals surface area contributed by atoms with Gasteiger partial charge in [-0.25, -0.2) is 0 Å². The molecule has 0 aromatic heterocycles. The summed E-state index contributed by atoms with van der Waals surface area (Å²) in [5.74, 6) is 0. The normalized spacial score (nSPS) is 61.5. The van der Waals surface area contributed by atoms with Crippen LogP contribution in [0.5, 0.6) is 0 Å². The molecular formula is C12H16O. The molecule has 13 heavy (non-hydrogen) atoms. The summed E-state index contributed by atoms with van der Waals surface area (Å²) in [4.78, 5) is 0. The third kappa shape index (κ3) is 0.665. The lowest BCUT2D eigenvalue weighted by Crippen LogP contribution is -2.52. The van der Waals surface area contributed by atoms with Crippen molar-refractivity contribution in [2.45, 2.75) is 50.7 Å². The average molecular weight is 176 g/mol. The molecule has 3 fully saturated rings. The highest BCUT2D eigenvalue weighted by Gasteiger charge is 2.64. The number of hydrogen-bond donors (Lipinski definition) is 0. The molecule has 1 nitrogen and oxygen atoms in total. The van der Waals surface area contributed by atoms with Gasteiger partial charge in [-0.05, 0) is 36.5 Å². The predicted octanol–water partition coefficient (Wildman–Crippen LogP) is 2.66. The molecule has 0 amide bonds. The maximum absolute atomic E-state index is 5.70. The summed E-state index contributed by atoms with van der Waals surface area (Å²) in [6, 6.07) is 0. The molecule has 70 valence electrons. The molecule has 0 unspecified atom stereocenters. The van der Waals surface area contributed by atoms with Gasteiger partial charge in [-0.3, -0.25) is 0 Å². The van der Waals surface area contributed by atoms with Gasteiger partial charge in [0.15, 0.2) is 0 Å². The van der Waals surface area contributed by atoms with E-state index in [4.69, 9.17) is 4.74 Å². The standard InChI is InChI=1S/C12H16O/c1-2-4-12-6-5-11(12,3-1)7-9-10(8-12)13-9/h5-6,9-10H,1-4,7-8H2/t9-,10-,11-,12+/m0/s1. The fourth-order valence-corrected chi connectivity index (χ4v) is 4.10. The van der Waals surface area contributed by atoms with E-state index in [0.717, 1.165) is 0 Å². The third-order valence-electron chi connectivity index (χ3n) is 5.03. The van der Waals surface area contributed by atoms with Crippen LogP contribution >= 0.6 is 0 Å². The lowest BCUT2D eigenvalue weighted by Gasteiger charge is -2.59. The monoisotopic (exact) mass is 176 g/mol. The van der Waals surface area contributed by atoms with Crippen molar-refractivity contribution >= 4 is 0 Å². The summed E-state index contributed by atoms with van der Waals surface area (Å²) < 4.78 is 5.70. The van der Waals surface area contributed by atoms with Crippen molar-refractivity contribution in [1.82, 2.24) is 0 Å². The van der Waals surface area contributed by atoms with Gasteiger partial charge in [-0.15, -0.1) is 0 Å². The Bertz CT molecular complexity index is 267. The van der Waals surface area contributed by atoms with E-state index in [9.17, 15) is 0 Å². The van der Waals surface area contributed by atoms with E-state index in [-0.39, 0.29) is 0 Å². The van der Waals surface area contributed by atoms with Gasteiger partial charge in [0.25, 0.3) is 0 Å². The van der Waals surface area contributed by atoms with Crippen LogP contribution < -0.4 is 0 Å². The molecule has 1 heterocycles. The zero-order valence-corrected chi connectivity index (χ0v) is 7.96. The van der Waals surface area contributed by atoms with Crippen molar-refractivity contribution in [3.05, 3.63) is 12.2 Å². The van der Waals surface area contributed by atoms with Crippen molar-refractivity contribution in [3.63, 3.8) is 0 Å². The third-order valence-corrected chi connectivity index (χ3v) is 5.03. The predicted molar refractivity (Wildman–Crippen MR) is 50.4 cm³/mol. The van der Waals surface area contributed by atoms with Crippen LogP contribution in [0.1, 0.15) is 38.5 Å². The lowest BCUT2D eigenvalue weighted by molar-refractivity contribution is 0.00835. The summed E-state index contributed by atoms with van der Waals surface area (Å²) in [5.41, 5.74) is 1.20. The van der Waals surface area contributed by atoms with Gasteiger partial charge in [0.1, 0.15) is 0 Å². The van der Waals surface area contributed by atoms with Gasteiger partial charge < -0.3 is 4.74 Å². The zero-order chi connectivity index (χ0) is 8.52. The number of fused-ring (bicyclic) bond motifs is 1. The summed E-state index contributed by atoms with van der Waals surface area (Å²) >= 11 is 0. The van der Waals surface area contributed by atoms with Gasteiger partial charge >= 0.3 is 0 Å². The first-order valence-corrected chi connectivity index (χ1v) is 5.70. The van der Waals surface area contributed by atoms with Crippen molar-refractivity contribution in [3.8, 4) is 0 Å². The van der Waals surface area contributed by atoms with Gasteiger partial charge in [0.05, 0.1) is 12.2 Å². The largest absolute Gasteiger partial charge is 0.370 e. The van der Waals surface area contributed by atoms with Crippen LogP contribution in [0.3, 0.4) is 0 Å². The van der Waals surface area contributed by atoms with Crippen molar-refractivity contribution in [2.24, 2.45) is 10.8 Å². The minimum Gasteiger partial charge on any atom is -0.370 e. The Balaban J connectivity index is 1.79. The maximum atomic E-state index is 5.70. The molecule has 1 aliphatic heterocycles. The Hall–Kier alpha value is -0.300. The second-order valence-corrected chi connectivity index (χ2v) is 5.47. The summed E-state index contributed by atoms with van der Waals surface area (Å²) in [6.45, 7) is 0. The minimum absolute atomic E-state index is 0.600. The molecule has 1 saturated heterocycles. The topological polar surface area (TPSA) is 12.5 Å². The SMILES string of the molecule is C1=C[C@]23CCCC[C@]12C[C@@H]1O[C@H]1C3. The molecule has 1 heteroatoms. The molecular weight excluding hydrogens is 160 g/mol. The first-order valence-electron chi connectivity index (χ1n) is 5.70. The minimum atomic E-state index is 0.600. The lowest BCUT2D eigenvalue weighted by atomic mass is 9.44. The van der Waals surface area contributed by atoms with Gasteiger partial charge in [-0.2, -0.15) is 0 Å². The van der Waals surface area contributed by atoms with E-state index in [0.29, 0.717) is 23.0 Å². The molecule has 4 aliphatic rings. The van der Waals surface area contributed by atoms with Gasteiger partial charge in [0, 0.05) is 0 Å². The first-order chi connectivity index (χ1) is 6.34. The van der Waals surface area contributed by atoms with Crippen molar-refractivity contribution < 1.29 is 4.74 Å². The quantitative estimate of drug-likeness (QED) is 0.408. The number of ether oxygens (including phenoxy) is 1. The zero-order valence-electron chi connectivity index (χ0n) is 7.96. The van der Waals surface area contributed by atoms with E-state index in [1.54, 1.807) is 0 Å². The van der Waals surface area contributed by atoms with Crippen molar-refractivity contribution in [1.29, 1.82) is 0 Å². The first kappa shape index (κ1) is 7.05. The van der Waals surface area contributed by atoms with E-state index < -0.39 is 0 Å². The van der Waals surface area contributed by atoms with E-state index >= 15 is 0 Å². The molecule has 3 aliphatic carbocycles. The smallest absolute Gasteiger partial charge is 0.0850 e. The van der Waals surface area contributed by atoms with E-state index in [1.807, 2.05) is 0 Å². The average Bonchev–Trinajstić information content (AvgIpc) is 2.84. The highest BCUT2D eigenvalue weighted by atomic mass is 16.6. The second-order valence-electron chi connectivity index (χ2n) is 5.47. The summed E-state index contributed by atoms with van der Waals surface area (Å²) in [6.07, 6.45) is 14.8. The Labute approximate surface area is 79.2 Å². The highest BCUT2D eigenvalue weighted by molar-refractivity contribution is 5.32. The van der Waals surface area contributed by atoms with Crippen LogP contribution in [0.15, 0.2) is 12.2 Å². The second kappa shape index (κ2) is 1.88. The Morgan fingerprint density at radius 2 is 1.46 bits per heavy atom. The van der Waals surface area contributed by atoms with Crippen LogP contribution in [0.4, 0.5) is 0 Å². The van der Waals surface area contributed by atoms with Crippen LogP contribution in [0.2, 0.25) is 0 Å². The number of rotatable bonds is 0. The van der Waals surface area contributed by atoms with E-state index in [2.05, 4.69) is 12.2 Å². The molecule has 0 spiro atoms. The van der Waals surface area contributed by atoms with Gasteiger partial charge in [-0.1, -0.05) is 25.0 Å². The molecule has 2 saturated carbocycles. The van der Waals surface area contributed by atoms with Crippen LogP contribution in [0, 0.1) is 10.8 Å². The molecule has 0 radical (unpaired) electrons. The fraction of sp³-hybridized carbons (Fsp3) is 0.833. The van der Waals surface area contributed by atoms with Crippen LogP contribution in [-0.2, 0) is 4.74 Å². The van der Waals surface area contributed by atoms with Crippen LogP contribution in [0.25, 0.3) is 0 Å². The van der Waals surface area contributed by atoms with Crippen molar-refractivity contribution in [2.75, 3.05) is 0 Å². The Morgan fingerprint density at radius 1 is 0.923 bits per heavy atom. The molecule has 0 bridgehead atoms. The van der Waals surface area contributed by atoms with Crippen LogP contribution in [-0.4, -0.2) is 12.2 Å². The number of epoxide rings is 1. The Kier molecular flexibility index (Phi) is 1.02. The van der Waals surface area contributed by atoms with E-state index in [1.165, 1.54) is 38.5 Å². The maximum Gasteiger partial charge on any atom is 0.0850 e. The fourth-order valence-electron chi connectivity index (χ4n) is 4.10. The summed E-state index contributed by atoms with van der Waals surface area (Å²) in [7, 11) is 0. The number of allylic oxidation sites excluding steroid dienone is 2. The van der Waals surface area contributed by atoms with Gasteiger partial charge in [0.2, 0.25) is 0 Å². The Morgan fingerprint density at radius 3 is 1.92 bits per heavy atom.